The van der Waals surface area contributed by atoms with E-state index in [0.717, 1.165) is 39.0 Å². The van der Waals surface area contributed by atoms with E-state index in [-0.39, 0.29) is 53.6 Å². The summed E-state index contributed by atoms with van der Waals surface area (Å²) >= 11 is 0. The van der Waals surface area contributed by atoms with Gasteiger partial charge in [-0.05, 0) is 123 Å². The van der Waals surface area contributed by atoms with Gasteiger partial charge in [-0.3, -0.25) is 0 Å². The van der Waals surface area contributed by atoms with E-state index in [1.54, 1.807) is 0 Å². The number of hydrogen-bond donors (Lipinski definition) is 0. The number of ether oxygens (including phenoxy) is 1. The molecule has 5 nitrogen and oxygen atoms in total. The van der Waals surface area contributed by atoms with Crippen LogP contribution in [0.3, 0.4) is 0 Å². The van der Waals surface area contributed by atoms with Crippen LogP contribution in [0.25, 0.3) is 38.8 Å². The Labute approximate surface area is 485 Å². The summed E-state index contributed by atoms with van der Waals surface area (Å²) in [5, 5.41) is 2.23. The zero-order valence-corrected chi connectivity index (χ0v) is 52.1. The van der Waals surface area contributed by atoms with Crippen molar-refractivity contribution < 1.29 is 25.8 Å². The predicted octanol–water partition coefficient (Wildman–Crippen LogP) is 19.4. The second-order valence-electron chi connectivity index (χ2n) is 28.7. The Morgan fingerprint density at radius 1 is 0.468 bits per heavy atom. The van der Waals surface area contributed by atoms with Gasteiger partial charge < -0.3 is 19.1 Å². The summed E-state index contributed by atoms with van der Waals surface area (Å²) in [6.07, 6.45) is 1.85. The molecular weight excluding hydrogens is 1140 g/mol. The average Bonchev–Trinajstić information content (AvgIpc) is 2.05. The van der Waals surface area contributed by atoms with Gasteiger partial charge >= 0.3 is 0 Å². The largest absolute Gasteiger partial charge is 0.509 e. The third-order valence-electron chi connectivity index (χ3n) is 16.9. The van der Waals surface area contributed by atoms with E-state index in [1.165, 1.54) is 78.1 Å². The van der Waals surface area contributed by atoms with Crippen molar-refractivity contribution in [2.24, 2.45) is 0 Å². The Kier molecular flexibility index (Phi) is 12.5. The molecule has 6 heteroatoms. The first kappa shape index (κ1) is 54.5. The maximum absolute atomic E-state index is 7.13. The van der Waals surface area contributed by atoms with Crippen LogP contribution in [0.1, 0.15) is 180 Å². The van der Waals surface area contributed by atoms with E-state index < -0.39 is 5.41 Å². The summed E-state index contributed by atoms with van der Waals surface area (Å²) in [5.41, 5.74) is 20.7. The monoisotopic (exact) mass is 1220 g/mol. The van der Waals surface area contributed by atoms with E-state index in [9.17, 15) is 0 Å². The number of benzene rings is 7. The van der Waals surface area contributed by atoms with E-state index in [1.807, 2.05) is 18.3 Å². The van der Waals surface area contributed by atoms with Gasteiger partial charge in [0.05, 0.1) is 0 Å². The Bertz CT molecular complexity index is 3810. The molecule has 0 atom stereocenters. The molecule has 0 unspecified atom stereocenters. The number of fused-ring (bicyclic) bond motifs is 12. The molecule has 0 saturated heterocycles. The van der Waals surface area contributed by atoms with Crippen molar-refractivity contribution in [2.45, 2.75) is 163 Å². The minimum atomic E-state index is -0.760. The van der Waals surface area contributed by atoms with Crippen LogP contribution in [0.2, 0.25) is 0 Å². The molecule has 1 aliphatic carbocycles. The molecule has 7 aromatic carbocycles. The maximum Gasteiger partial charge on any atom is 0.135 e. The Morgan fingerprint density at radius 2 is 1.01 bits per heavy atom. The second kappa shape index (κ2) is 18.0. The number of anilines is 4. The zero-order valence-electron chi connectivity index (χ0n) is 49.8. The standard InChI is InChI=1S/C73H77N4O.Pt/c1-67(2,3)44-37-50-51-38-45(68(4,5)6)40-57(72(16,17)18)64(51)73(63(50)56(39-44)71(13,14)15)52-35-33-47(78-46-32-34-49-48-25-19-20-29-58(48)77(60(49)41-46)62-31-21-22-36-74-62)42-61(52)76-43-75(59-30-24-28-55(73)66(59)76)65-53(69(7,8)9)26-23-27-54(65)70(10,11)12;/h19-40,43H,1-18H3;/q-3;. The van der Waals surface area contributed by atoms with Gasteiger partial charge in [0.1, 0.15) is 5.82 Å². The SMILES string of the molecule is CC(C)(C)c1cc2c(c(C(C)(C)C)c1)C1(c3ccc(Oc4[c-]c5c(cc4)c4ccccc4n5-c4ccccn4)[c-]c3N3[CH-]N(c4c(C(C)(C)C)cccc4C(C)(C)C)c4cccc1c43)c1c-2cc(C(C)(C)C)cc1C(C)(C)C.[Pt]. The first-order valence-corrected chi connectivity index (χ1v) is 28.2. The van der Waals surface area contributed by atoms with Crippen molar-refractivity contribution in [2.75, 3.05) is 9.80 Å². The first-order chi connectivity index (χ1) is 36.5. The number of aromatic nitrogens is 2. The van der Waals surface area contributed by atoms with Gasteiger partial charge in [-0.25, -0.2) is 4.98 Å². The van der Waals surface area contributed by atoms with E-state index in [0.29, 0.717) is 11.5 Å². The molecule has 2 aromatic heterocycles. The second-order valence-corrected chi connectivity index (χ2v) is 28.7. The third-order valence-corrected chi connectivity index (χ3v) is 16.9. The van der Waals surface area contributed by atoms with Crippen molar-refractivity contribution >= 4 is 44.6 Å². The van der Waals surface area contributed by atoms with Crippen LogP contribution < -0.4 is 14.5 Å². The smallest absolute Gasteiger partial charge is 0.135 e. The van der Waals surface area contributed by atoms with Crippen LogP contribution >= 0.6 is 0 Å². The first-order valence-electron chi connectivity index (χ1n) is 28.2. The van der Waals surface area contributed by atoms with Crippen molar-refractivity contribution in [3.63, 3.8) is 0 Å². The Balaban J connectivity index is 0.00000660. The summed E-state index contributed by atoms with van der Waals surface area (Å²) in [6, 6.07) is 55.5. The molecule has 0 saturated carbocycles. The fourth-order valence-electron chi connectivity index (χ4n) is 13.0. The minimum absolute atomic E-state index is 0. The van der Waals surface area contributed by atoms with Crippen LogP contribution in [0.5, 0.6) is 11.5 Å². The molecule has 0 bridgehead atoms. The van der Waals surface area contributed by atoms with Gasteiger partial charge in [0, 0.05) is 66.8 Å². The number of para-hydroxylation sites is 3. The number of pyridine rings is 1. The van der Waals surface area contributed by atoms with Crippen LogP contribution in [0.4, 0.5) is 22.7 Å². The molecule has 1 spiro atoms. The molecule has 3 aliphatic rings. The summed E-state index contributed by atoms with van der Waals surface area (Å²) < 4.78 is 9.32. The van der Waals surface area contributed by atoms with E-state index >= 15 is 0 Å². The molecule has 0 amide bonds. The number of nitrogens with zero attached hydrogens (tertiary/aromatic N) is 4. The Hall–Kier alpha value is -6.42. The maximum atomic E-state index is 7.13. The molecule has 408 valence electrons. The van der Waals surface area contributed by atoms with Crippen molar-refractivity contribution in [1.82, 2.24) is 9.55 Å². The van der Waals surface area contributed by atoms with Crippen molar-refractivity contribution in [1.29, 1.82) is 0 Å². The van der Waals surface area contributed by atoms with Crippen molar-refractivity contribution in [3.8, 4) is 28.4 Å². The summed E-state index contributed by atoms with van der Waals surface area (Å²) in [6.45, 7) is 45.1. The van der Waals surface area contributed by atoms with Gasteiger partial charge in [0.25, 0.3) is 0 Å². The molecule has 9 aromatic rings. The predicted molar refractivity (Wildman–Crippen MR) is 327 cm³/mol. The van der Waals surface area contributed by atoms with Gasteiger partial charge in [-0.1, -0.05) is 215 Å². The van der Waals surface area contributed by atoms with Crippen LogP contribution in [-0.4, -0.2) is 9.55 Å². The van der Waals surface area contributed by atoms with E-state index in [2.05, 4.69) is 273 Å². The zero-order chi connectivity index (χ0) is 55.6. The van der Waals surface area contributed by atoms with Gasteiger partial charge in [0.15, 0.2) is 0 Å². The van der Waals surface area contributed by atoms with Crippen LogP contribution in [0.15, 0.2) is 134 Å². The average molecular weight is 1220 g/mol. The summed E-state index contributed by atoms with van der Waals surface area (Å²) in [5.74, 6) is 2.06. The Morgan fingerprint density at radius 3 is 1.57 bits per heavy atom. The quantitative estimate of drug-likeness (QED) is 0.164. The number of hydrogen-bond acceptors (Lipinski definition) is 4. The topological polar surface area (TPSA) is 33.5 Å². The van der Waals surface area contributed by atoms with Gasteiger partial charge in [0.2, 0.25) is 0 Å². The number of rotatable bonds is 4. The summed E-state index contributed by atoms with van der Waals surface area (Å²) in [4.78, 5) is 9.78. The molecule has 0 radical (unpaired) electrons. The van der Waals surface area contributed by atoms with Crippen molar-refractivity contribution in [3.05, 3.63) is 208 Å². The third kappa shape index (κ3) is 8.44. The fourth-order valence-corrected chi connectivity index (χ4v) is 13.0. The van der Waals surface area contributed by atoms with E-state index in [4.69, 9.17) is 9.72 Å². The molecule has 4 heterocycles. The molecule has 79 heavy (non-hydrogen) atoms. The fraction of sp³-hybridized carbons (Fsp3) is 0.342. The normalized spacial score (nSPS) is 14.9. The minimum Gasteiger partial charge on any atom is -0.509 e. The summed E-state index contributed by atoms with van der Waals surface area (Å²) in [7, 11) is 0. The molecule has 0 N–H and O–H groups in total. The van der Waals surface area contributed by atoms with Gasteiger partial charge in [-0.2, -0.15) is 12.1 Å². The molecular formula is C73H77N4OPt-3. The van der Waals surface area contributed by atoms with Crippen LogP contribution in [-0.2, 0) is 59.0 Å². The molecule has 0 fully saturated rings. The molecule has 12 rings (SSSR count). The van der Waals surface area contributed by atoms with Gasteiger partial charge in [-0.15, -0.1) is 41.9 Å². The van der Waals surface area contributed by atoms with Crippen LogP contribution in [0, 0.1) is 18.8 Å². The molecule has 2 aliphatic heterocycles.